The van der Waals surface area contributed by atoms with E-state index < -0.39 is 16.1 Å². The van der Waals surface area contributed by atoms with Crippen LogP contribution in [0.3, 0.4) is 0 Å². The zero-order valence-corrected chi connectivity index (χ0v) is 17.9. The van der Waals surface area contributed by atoms with Crippen molar-refractivity contribution in [1.29, 1.82) is 0 Å². The SMILES string of the molecule is CC(C)CC(=O)N1c2ccc(-c3cccc(S(N)(=O)=O)c3)cc2N(C(=O)O)C[C@@H]1C. The fourth-order valence-corrected chi connectivity index (χ4v) is 4.23. The smallest absolute Gasteiger partial charge is 0.411 e. The number of benzene rings is 2. The summed E-state index contributed by atoms with van der Waals surface area (Å²) in [6.07, 6.45) is -0.760. The molecule has 3 rings (SSSR count). The second-order valence-electron chi connectivity index (χ2n) is 7.88. The molecule has 30 heavy (non-hydrogen) atoms. The van der Waals surface area contributed by atoms with Crippen LogP contribution in [-0.2, 0) is 14.8 Å². The van der Waals surface area contributed by atoms with Gasteiger partial charge in [-0.2, -0.15) is 0 Å². The maximum absolute atomic E-state index is 12.8. The Morgan fingerprint density at radius 2 is 1.80 bits per heavy atom. The van der Waals surface area contributed by atoms with Gasteiger partial charge in [-0.3, -0.25) is 9.69 Å². The normalized spacial score (nSPS) is 16.5. The van der Waals surface area contributed by atoms with Crippen LogP contribution in [0.15, 0.2) is 47.4 Å². The Balaban J connectivity index is 2.12. The van der Waals surface area contributed by atoms with Gasteiger partial charge in [0, 0.05) is 13.0 Å². The molecule has 0 aliphatic carbocycles. The Hall–Kier alpha value is -2.91. The largest absolute Gasteiger partial charge is 0.465 e. The average Bonchev–Trinajstić information content (AvgIpc) is 2.65. The highest BCUT2D eigenvalue weighted by molar-refractivity contribution is 7.89. The Bertz CT molecular complexity index is 1100. The van der Waals surface area contributed by atoms with Crippen LogP contribution in [0.1, 0.15) is 27.2 Å². The first-order valence-electron chi connectivity index (χ1n) is 9.59. The van der Waals surface area contributed by atoms with E-state index in [0.29, 0.717) is 28.9 Å². The highest BCUT2D eigenvalue weighted by atomic mass is 32.2. The maximum Gasteiger partial charge on any atom is 0.411 e. The van der Waals surface area contributed by atoms with Crippen LogP contribution in [0.25, 0.3) is 11.1 Å². The van der Waals surface area contributed by atoms with Crippen molar-refractivity contribution in [2.75, 3.05) is 16.3 Å². The number of rotatable bonds is 4. The number of hydrogen-bond donors (Lipinski definition) is 2. The lowest BCUT2D eigenvalue weighted by Gasteiger charge is -2.40. The molecule has 0 saturated heterocycles. The lowest BCUT2D eigenvalue weighted by Crippen LogP contribution is -2.51. The first kappa shape index (κ1) is 21.8. The molecule has 8 nitrogen and oxygen atoms in total. The molecule has 1 aliphatic heterocycles. The number of amides is 2. The second-order valence-corrected chi connectivity index (χ2v) is 9.44. The Labute approximate surface area is 176 Å². The number of nitrogens with zero attached hydrogens (tertiary/aromatic N) is 2. The van der Waals surface area contributed by atoms with E-state index in [9.17, 15) is 23.1 Å². The minimum Gasteiger partial charge on any atom is -0.465 e. The van der Waals surface area contributed by atoms with Gasteiger partial charge in [0.25, 0.3) is 0 Å². The molecule has 0 saturated carbocycles. The summed E-state index contributed by atoms with van der Waals surface area (Å²) in [4.78, 5) is 27.6. The predicted molar refractivity (Wildman–Crippen MR) is 115 cm³/mol. The summed E-state index contributed by atoms with van der Waals surface area (Å²) in [5.74, 6) is 0.110. The van der Waals surface area contributed by atoms with Gasteiger partial charge in [-0.15, -0.1) is 0 Å². The van der Waals surface area contributed by atoms with Gasteiger partial charge in [0.15, 0.2) is 0 Å². The molecular weight excluding hydrogens is 406 g/mol. The summed E-state index contributed by atoms with van der Waals surface area (Å²) >= 11 is 0. The number of primary sulfonamides is 1. The van der Waals surface area contributed by atoms with Gasteiger partial charge in [-0.1, -0.05) is 32.0 Å². The van der Waals surface area contributed by atoms with Crippen molar-refractivity contribution in [2.24, 2.45) is 11.1 Å². The standard InChI is InChI=1S/C21H25N3O5S/c1-13(2)9-20(25)24-14(3)12-23(21(26)27)19-11-16(7-8-18(19)24)15-5-4-6-17(10-15)30(22,28)29/h4-8,10-11,13-14H,9,12H2,1-3H3,(H,26,27)(H2,22,28,29)/t14-/m0/s1. The fraction of sp³-hybridized carbons (Fsp3) is 0.333. The molecule has 1 aliphatic rings. The van der Waals surface area contributed by atoms with E-state index in [0.717, 1.165) is 0 Å². The van der Waals surface area contributed by atoms with E-state index in [-0.39, 0.29) is 29.3 Å². The molecule has 1 atom stereocenters. The zero-order chi connectivity index (χ0) is 22.2. The van der Waals surface area contributed by atoms with Crippen LogP contribution in [0.5, 0.6) is 0 Å². The van der Waals surface area contributed by atoms with Crippen molar-refractivity contribution in [3.8, 4) is 11.1 Å². The summed E-state index contributed by atoms with van der Waals surface area (Å²) in [7, 11) is -3.87. The molecule has 3 N–H and O–H groups in total. The van der Waals surface area contributed by atoms with Crippen molar-refractivity contribution < 1.29 is 23.1 Å². The number of hydrogen-bond acceptors (Lipinski definition) is 4. The molecular formula is C21H25N3O5S. The summed E-state index contributed by atoms with van der Waals surface area (Å²) in [6, 6.07) is 10.9. The van der Waals surface area contributed by atoms with Gasteiger partial charge in [0.1, 0.15) is 0 Å². The molecule has 0 aromatic heterocycles. The van der Waals surface area contributed by atoms with E-state index in [1.807, 2.05) is 20.8 Å². The lowest BCUT2D eigenvalue weighted by molar-refractivity contribution is -0.119. The maximum atomic E-state index is 12.8. The summed E-state index contributed by atoms with van der Waals surface area (Å²) in [6.45, 7) is 5.88. The van der Waals surface area contributed by atoms with Crippen molar-refractivity contribution in [3.05, 3.63) is 42.5 Å². The predicted octanol–water partition coefficient (Wildman–Crippen LogP) is 3.27. The van der Waals surface area contributed by atoms with Gasteiger partial charge >= 0.3 is 6.09 Å². The Morgan fingerprint density at radius 3 is 2.40 bits per heavy atom. The zero-order valence-electron chi connectivity index (χ0n) is 17.1. The average molecular weight is 432 g/mol. The number of anilines is 2. The van der Waals surface area contributed by atoms with Crippen molar-refractivity contribution >= 4 is 33.4 Å². The molecule has 0 unspecified atom stereocenters. The molecule has 0 fully saturated rings. The van der Waals surface area contributed by atoms with Crippen molar-refractivity contribution in [2.45, 2.75) is 38.1 Å². The van der Waals surface area contributed by atoms with Crippen LogP contribution >= 0.6 is 0 Å². The first-order chi connectivity index (χ1) is 14.0. The van der Waals surface area contributed by atoms with E-state index in [1.165, 1.54) is 17.0 Å². The first-order valence-corrected chi connectivity index (χ1v) is 11.1. The molecule has 1 heterocycles. The molecule has 160 valence electrons. The van der Waals surface area contributed by atoms with Gasteiger partial charge in [-0.25, -0.2) is 18.4 Å². The molecule has 2 aromatic carbocycles. The van der Waals surface area contributed by atoms with Gasteiger partial charge in [-0.05, 0) is 48.2 Å². The number of fused-ring (bicyclic) bond motifs is 1. The van der Waals surface area contributed by atoms with Crippen LogP contribution in [0.2, 0.25) is 0 Å². The summed E-state index contributed by atoms with van der Waals surface area (Å²) in [5, 5.41) is 14.9. The van der Waals surface area contributed by atoms with E-state index >= 15 is 0 Å². The number of nitrogens with two attached hydrogens (primary N) is 1. The Morgan fingerprint density at radius 1 is 1.13 bits per heavy atom. The highest BCUT2D eigenvalue weighted by Gasteiger charge is 2.35. The fourth-order valence-electron chi connectivity index (χ4n) is 3.67. The molecule has 9 heteroatoms. The molecule has 0 radical (unpaired) electrons. The van der Waals surface area contributed by atoms with Gasteiger partial charge < -0.3 is 10.0 Å². The monoisotopic (exact) mass is 431 g/mol. The van der Waals surface area contributed by atoms with Crippen LogP contribution in [0.4, 0.5) is 16.2 Å². The summed E-state index contributed by atoms with van der Waals surface area (Å²) < 4.78 is 23.4. The third-order valence-corrected chi connectivity index (χ3v) is 5.90. The number of carbonyl (C=O) groups excluding carboxylic acids is 1. The summed E-state index contributed by atoms with van der Waals surface area (Å²) in [5.41, 5.74) is 2.11. The topological polar surface area (TPSA) is 121 Å². The van der Waals surface area contributed by atoms with Crippen LogP contribution in [0, 0.1) is 5.92 Å². The van der Waals surface area contributed by atoms with Gasteiger partial charge in [0.05, 0.1) is 22.3 Å². The molecule has 2 aromatic rings. The van der Waals surface area contributed by atoms with Crippen LogP contribution < -0.4 is 14.9 Å². The Kier molecular flexibility index (Phi) is 5.87. The quantitative estimate of drug-likeness (QED) is 0.770. The highest BCUT2D eigenvalue weighted by Crippen LogP contribution is 2.39. The molecule has 0 spiro atoms. The van der Waals surface area contributed by atoms with Gasteiger partial charge in [0.2, 0.25) is 15.9 Å². The third kappa shape index (κ3) is 4.31. The van der Waals surface area contributed by atoms with E-state index in [4.69, 9.17) is 5.14 Å². The van der Waals surface area contributed by atoms with Crippen molar-refractivity contribution in [3.63, 3.8) is 0 Å². The molecule has 2 amide bonds. The number of sulfonamides is 1. The molecule has 0 bridgehead atoms. The van der Waals surface area contributed by atoms with Crippen molar-refractivity contribution in [1.82, 2.24) is 0 Å². The third-order valence-electron chi connectivity index (χ3n) is 4.99. The second kappa shape index (κ2) is 8.08. The van der Waals surface area contributed by atoms with E-state index in [1.54, 1.807) is 35.2 Å². The lowest BCUT2D eigenvalue weighted by atomic mass is 10.00. The number of carboxylic acid groups (broad SMARTS) is 1. The van der Waals surface area contributed by atoms with E-state index in [2.05, 4.69) is 0 Å². The minimum absolute atomic E-state index is 0.0322. The number of carbonyl (C=O) groups is 2. The minimum atomic E-state index is -3.87. The van der Waals surface area contributed by atoms with Crippen LogP contribution in [-0.4, -0.2) is 38.1 Å².